The number of aliphatic hydroxyl groups is 2. The Labute approximate surface area is 468 Å². The highest BCUT2D eigenvalue weighted by Gasteiger charge is 2.18. The molecule has 6 aromatic heterocycles. The molecule has 0 spiro atoms. The number of ether oxygens (including phenoxy) is 2. The molecule has 2 aliphatic heterocycles. The van der Waals surface area contributed by atoms with Crippen molar-refractivity contribution in [2.24, 2.45) is 0 Å². The summed E-state index contributed by atoms with van der Waals surface area (Å²) in [5.74, 6) is 1.77. The maximum absolute atomic E-state index is 11.2. The number of hydrogen-bond donors (Lipinski definition) is 8. The van der Waals surface area contributed by atoms with Gasteiger partial charge in [-0.2, -0.15) is 0 Å². The number of aromatic hydroxyl groups is 2. The molecule has 0 unspecified atom stereocenters. The van der Waals surface area contributed by atoms with E-state index in [4.69, 9.17) is 35.7 Å². The van der Waals surface area contributed by atoms with E-state index in [0.29, 0.717) is 61.1 Å². The number of fused-ring (bicyclic) bond motifs is 2. The van der Waals surface area contributed by atoms with E-state index < -0.39 is 0 Å². The first-order valence-corrected chi connectivity index (χ1v) is 26.5. The third-order valence-corrected chi connectivity index (χ3v) is 13.2. The summed E-state index contributed by atoms with van der Waals surface area (Å²) in [6.45, 7) is 14.5. The Morgan fingerprint density at radius 3 is 1.69 bits per heavy atom. The van der Waals surface area contributed by atoms with E-state index in [0.717, 1.165) is 148 Å². The molecule has 80 heavy (non-hydrogen) atoms. The molecule has 2 fully saturated rings. The number of nitrogens with two attached hydrogens (primary N) is 1. The quantitative estimate of drug-likeness (QED) is 0.0190. The number of anilines is 4. The summed E-state index contributed by atoms with van der Waals surface area (Å²) in [4.78, 5) is 42.3. The van der Waals surface area contributed by atoms with Crippen molar-refractivity contribution in [3.8, 4) is 11.5 Å². The number of aromatic nitrogens is 8. The van der Waals surface area contributed by atoms with E-state index in [2.05, 4.69) is 69.1 Å². The largest absolute Gasteiger partial charge is 0.817 e. The molecule has 2 aliphatic rings. The van der Waals surface area contributed by atoms with Gasteiger partial charge in [-0.05, 0) is 122 Å². The van der Waals surface area contributed by atoms with Gasteiger partial charge in [-0.25, -0.2) is 16.7 Å². The lowest BCUT2D eigenvalue weighted by Crippen LogP contribution is -2.37. The number of nitrogen functional groups attached to an aromatic ring is 1. The lowest BCUT2D eigenvalue weighted by Gasteiger charge is -2.26. The first kappa shape index (κ1) is 61.2. The van der Waals surface area contributed by atoms with E-state index in [9.17, 15) is 20.1 Å². The molecule has 9 N–H and O–H groups in total. The number of pyridine rings is 4. The molecule has 2 saturated heterocycles. The maximum Gasteiger partial charge on any atom is 0.204 e. The van der Waals surface area contributed by atoms with Crippen LogP contribution in [0.25, 0.3) is 27.5 Å². The van der Waals surface area contributed by atoms with Gasteiger partial charge in [0.15, 0.2) is 0 Å². The molecule has 23 heteroatoms. The molecule has 0 bridgehead atoms. The fourth-order valence-electron chi connectivity index (χ4n) is 9.04. The predicted octanol–water partition coefficient (Wildman–Crippen LogP) is 5.07. The van der Waals surface area contributed by atoms with Gasteiger partial charge in [0.05, 0.1) is 85.4 Å². The molecule has 3 radical (unpaired) electrons. The van der Waals surface area contributed by atoms with Crippen LogP contribution in [0.15, 0.2) is 110 Å². The van der Waals surface area contributed by atoms with Gasteiger partial charge >= 0.3 is 0 Å². The van der Waals surface area contributed by atoms with E-state index in [-0.39, 0.29) is 33.1 Å². The van der Waals surface area contributed by atoms with E-state index in [1.807, 2.05) is 34.9 Å². The maximum atomic E-state index is 11.2. The number of aliphatic hydroxyl groups excluding tert-OH is 2. The topological polar surface area (TPSA) is 295 Å². The van der Waals surface area contributed by atoms with Gasteiger partial charge in [-0.15, -0.1) is 0 Å². The smallest absolute Gasteiger partial charge is 0.204 e. The second-order valence-corrected chi connectivity index (χ2v) is 18.5. The molecule has 8 aromatic rings. The second-order valence-electron chi connectivity index (χ2n) is 18.5. The van der Waals surface area contributed by atoms with Crippen molar-refractivity contribution in [3.63, 3.8) is 0 Å². The average molecular weight is 1090 g/mol. The monoisotopic (exact) mass is 1090 g/mol. The van der Waals surface area contributed by atoms with Crippen molar-refractivity contribution in [2.45, 2.75) is 45.3 Å². The average Bonchev–Trinajstić information content (AvgIpc) is 4.01. The summed E-state index contributed by atoms with van der Waals surface area (Å²) in [5, 5.41) is 55.6. The molecule has 2 aromatic carbocycles. The Balaban J connectivity index is 0.000000217. The fraction of sp³-hybridized carbons (Fsp3) is 0.368. The van der Waals surface area contributed by atoms with Crippen LogP contribution in [0.1, 0.15) is 51.3 Å². The minimum atomic E-state index is 0. The highest BCUT2D eigenvalue weighted by Crippen LogP contribution is 2.27. The Morgan fingerprint density at radius 1 is 0.650 bits per heavy atom. The molecule has 10 rings (SSSR count). The molecule has 0 aliphatic carbocycles. The molecule has 22 nitrogen and oxygen atoms in total. The van der Waals surface area contributed by atoms with Gasteiger partial charge < -0.3 is 66.1 Å². The molecular formula is C57H72BN15O7-. The zero-order chi connectivity index (χ0) is 55.6. The number of morpholine rings is 2. The summed E-state index contributed by atoms with van der Waals surface area (Å²) in [6.07, 6.45) is 14.1. The van der Waals surface area contributed by atoms with Gasteiger partial charge in [0.25, 0.3) is 0 Å². The number of benzene rings is 2. The van der Waals surface area contributed by atoms with Crippen LogP contribution in [0.2, 0.25) is 0 Å². The summed E-state index contributed by atoms with van der Waals surface area (Å²) in [5.41, 5.74) is 15.4. The number of nitrogens with one attached hydrogen (secondary N) is 3. The predicted molar refractivity (Wildman–Crippen MR) is 314 cm³/mol. The van der Waals surface area contributed by atoms with E-state index in [1.54, 1.807) is 67.5 Å². The SMILES string of the molecule is C=[N-].Nc1cnccc1CCO.O=Cc1ccc2nc(NCCCN3CCOCC3)n(Cc3ncccc3O)c2c1.OCCc1ccncc1NCc1ccc2nc(NCCCN3CCOCC3)n(Cc3ncccc3O)c2c1.[B]. The number of carbonyl (C=O) groups excluding carboxylic acids is 1. The fourth-order valence-corrected chi connectivity index (χ4v) is 9.04. The number of aldehydes is 1. The third kappa shape index (κ3) is 17.7. The normalized spacial score (nSPS) is 13.4. The van der Waals surface area contributed by atoms with Crippen LogP contribution in [-0.4, -0.2) is 183 Å². The summed E-state index contributed by atoms with van der Waals surface area (Å²) in [6, 6.07) is 22.1. The summed E-state index contributed by atoms with van der Waals surface area (Å²) < 4.78 is 14.9. The van der Waals surface area contributed by atoms with Crippen molar-refractivity contribution in [3.05, 3.63) is 149 Å². The van der Waals surface area contributed by atoms with Crippen molar-refractivity contribution >= 4 is 66.8 Å². The van der Waals surface area contributed by atoms with Crippen LogP contribution in [0.4, 0.5) is 23.3 Å². The first-order valence-electron chi connectivity index (χ1n) is 26.5. The number of hydrogen-bond acceptors (Lipinski definition) is 19. The van der Waals surface area contributed by atoms with Crippen molar-refractivity contribution in [1.82, 2.24) is 48.8 Å². The molecule has 421 valence electrons. The van der Waals surface area contributed by atoms with Crippen molar-refractivity contribution in [2.75, 3.05) is 114 Å². The zero-order valence-corrected chi connectivity index (χ0v) is 45.1. The number of rotatable bonds is 22. The standard InChI is InChI=1S/C28H35N7O3.C21H25N5O3.C7H10N2O.CH2N.B/c36-14-7-22-6-10-29-19-24(22)32-18-21-4-5-23-26(17-21)35(20-25-27(37)3-1-8-30-25)28(33-23)31-9-2-11-34-12-15-38-16-13-34;27-15-16-4-5-17-19(13-16)26(14-18-20(28)3-1-6-22-18)21(24-17)23-7-2-8-25-9-11-29-12-10-25;8-7-5-9-3-1-6(7)2-4-10;1-2;/h1,3-6,8,10,17,19,32,36-37H,2,7,9,11-16,18,20H2,(H,31,33);1,3-6,13,15,28H,2,7-12,14H2,(H,23,24);1,3,5,10H,2,4,8H2;1H2;/q;;;-1;. The van der Waals surface area contributed by atoms with E-state index in [1.165, 1.54) is 0 Å². The number of carbonyl (C=O) groups is 1. The van der Waals surface area contributed by atoms with Crippen molar-refractivity contribution in [1.29, 1.82) is 0 Å². The summed E-state index contributed by atoms with van der Waals surface area (Å²) >= 11 is 0. The zero-order valence-electron chi connectivity index (χ0n) is 45.1. The number of imidazole rings is 2. The highest BCUT2D eigenvalue weighted by atomic mass is 16.5. The van der Waals surface area contributed by atoms with Crippen molar-refractivity contribution < 1.29 is 34.7 Å². The molecular weight excluding hydrogens is 1020 g/mol. The molecule has 0 saturated carbocycles. The minimum absolute atomic E-state index is 0. The van der Waals surface area contributed by atoms with Crippen LogP contribution in [0.3, 0.4) is 0 Å². The number of nitrogens with zero attached hydrogens (tertiary/aromatic N) is 11. The highest BCUT2D eigenvalue weighted by molar-refractivity contribution is 5.86. The van der Waals surface area contributed by atoms with Crippen LogP contribution in [0, 0.1) is 0 Å². The van der Waals surface area contributed by atoms with Crippen LogP contribution in [0.5, 0.6) is 11.5 Å². The van der Waals surface area contributed by atoms with Gasteiger partial charge in [0, 0.05) is 97.8 Å². The van der Waals surface area contributed by atoms with Crippen LogP contribution in [-0.2, 0) is 41.9 Å². The van der Waals surface area contributed by atoms with Gasteiger partial charge in [0.2, 0.25) is 11.9 Å². The first-order chi connectivity index (χ1) is 38.8. The Kier molecular flexibility index (Phi) is 25.0. The van der Waals surface area contributed by atoms with Gasteiger partial charge in [-0.3, -0.25) is 34.5 Å². The lowest BCUT2D eigenvalue weighted by atomic mass is 10.1. The van der Waals surface area contributed by atoms with E-state index >= 15 is 0 Å². The van der Waals surface area contributed by atoms with Gasteiger partial charge in [-0.1, -0.05) is 6.07 Å². The Bertz CT molecular complexity index is 3130. The van der Waals surface area contributed by atoms with Crippen LogP contribution >= 0.6 is 0 Å². The molecule has 0 atom stereocenters. The van der Waals surface area contributed by atoms with Crippen LogP contribution < -0.4 is 21.7 Å². The Hall–Kier alpha value is -8.06. The summed E-state index contributed by atoms with van der Waals surface area (Å²) in [7, 11) is 0. The third-order valence-electron chi connectivity index (χ3n) is 13.2. The molecule has 8 heterocycles. The lowest BCUT2D eigenvalue weighted by molar-refractivity contribution is 0.0378. The molecule has 0 amide bonds. The second kappa shape index (κ2) is 32.8. The Morgan fingerprint density at radius 2 is 1.16 bits per heavy atom. The minimum Gasteiger partial charge on any atom is -0.817 e. The van der Waals surface area contributed by atoms with Gasteiger partial charge in [0.1, 0.15) is 29.2 Å².